The van der Waals surface area contributed by atoms with E-state index in [0.717, 1.165) is 32.2 Å². The van der Waals surface area contributed by atoms with Crippen molar-refractivity contribution in [3.05, 3.63) is 33.9 Å². The first kappa shape index (κ1) is 14.3. The van der Waals surface area contributed by atoms with Crippen molar-refractivity contribution in [3.63, 3.8) is 0 Å². The maximum Gasteiger partial charge on any atom is 0.342 e. The third kappa shape index (κ3) is 2.59. The number of rotatable bonds is 4. The lowest BCUT2D eigenvalue weighted by Gasteiger charge is -2.36. The molecule has 6 heteroatoms. The summed E-state index contributed by atoms with van der Waals surface area (Å²) < 4.78 is 0. The van der Waals surface area contributed by atoms with Gasteiger partial charge in [0.05, 0.1) is 4.92 Å². The molecule has 2 rings (SSSR count). The topological polar surface area (TPSA) is 83.7 Å². The van der Waals surface area contributed by atoms with Crippen molar-refractivity contribution >= 4 is 17.3 Å². The van der Waals surface area contributed by atoms with Gasteiger partial charge in [0.1, 0.15) is 11.3 Å². The number of piperidine rings is 1. The van der Waals surface area contributed by atoms with E-state index in [0.29, 0.717) is 5.69 Å². The Morgan fingerprint density at radius 2 is 2.25 bits per heavy atom. The minimum atomic E-state index is -1.26. The Morgan fingerprint density at radius 1 is 1.50 bits per heavy atom. The van der Waals surface area contributed by atoms with Crippen LogP contribution < -0.4 is 4.90 Å². The lowest BCUT2D eigenvalue weighted by molar-refractivity contribution is -0.384. The molecule has 1 atom stereocenters. The van der Waals surface area contributed by atoms with E-state index in [9.17, 15) is 14.9 Å². The predicted octanol–water partition coefficient (Wildman–Crippen LogP) is 3.06. The summed E-state index contributed by atoms with van der Waals surface area (Å²) in [5.74, 6) is -1.26. The molecule has 0 amide bonds. The highest BCUT2D eigenvalue weighted by Gasteiger charge is 2.31. The van der Waals surface area contributed by atoms with Crippen LogP contribution in [0.3, 0.4) is 0 Å². The van der Waals surface area contributed by atoms with Crippen LogP contribution in [0.1, 0.15) is 43.0 Å². The fraction of sp³-hybridized carbons (Fsp3) is 0.500. The van der Waals surface area contributed by atoms with Gasteiger partial charge in [0.2, 0.25) is 0 Å². The van der Waals surface area contributed by atoms with E-state index in [2.05, 4.69) is 6.92 Å². The van der Waals surface area contributed by atoms with Gasteiger partial charge < -0.3 is 10.0 Å². The lowest BCUT2D eigenvalue weighted by Crippen LogP contribution is -2.39. The number of para-hydroxylation sites is 1. The van der Waals surface area contributed by atoms with Crippen LogP contribution in [-0.4, -0.2) is 28.6 Å². The lowest BCUT2D eigenvalue weighted by atomic mass is 9.98. The van der Waals surface area contributed by atoms with Gasteiger partial charge in [-0.05, 0) is 37.8 Å². The number of carboxylic acid groups (broad SMARTS) is 1. The maximum absolute atomic E-state index is 11.3. The van der Waals surface area contributed by atoms with Gasteiger partial charge >= 0.3 is 11.7 Å². The quantitative estimate of drug-likeness (QED) is 0.676. The van der Waals surface area contributed by atoms with E-state index in [1.807, 2.05) is 4.90 Å². The molecule has 0 spiro atoms. The molecule has 0 bridgehead atoms. The number of anilines is 1. The molecule has 108 valence electrons. The van der Waals surface area contributed by atoms with Gasteiger partial charge in [0.25, 0.3) is 0 Å². The van der Waals surface area contributed by atoms with E-state index in [1.54, 1.807) is 12.1 Å². The summed E-state index contributed by atoms with van der Waals surface area (Å²) >= 11 is 0. The van der Waals surface area contributed by atoms with E-state index >= 15 is 0 Å². The van der Waals surface area contributed by atoms with Crippen molar-refractivity contribution in [2.45, 2.75) is 38.6 Å². The highest BCUT2D eigenvalue weighted by atomic mass is 16.6. The normalized spacial score (nSPS) is 18.9. The first-order valence-electron chi connectivity index (χ1n) is 6.83. The summed E-state index contributed by atoms with van der Waals surface area (Å²) in [7, 11) is 0. The second-order valence-corrected chi connectivity index (χ2v) is 4.99. The Hall–Kier alpha value is -2.11. The molecule has 0 saturated carbocycles. The SMILES string of the molecule is CCC1CCCCN1c1cccc(C(=O)O)c1[N+](=O)[O-]. The third-order valence-electron chi connectivity index (χ3n) is 3.84. The fourth-order valence-electron chi connectivity index (χ4n) is 2.87. The van der Waals surface area contributed by atoms with Crippen LogP contribution in [0, 0.1) is 10.1 Å². The van der Waals surface area contributed by atoms with Crippen molar-refractivity contribution in [2.24, 2.45) is 0 Å². The first-order chi connectivity index (χ1) is 9.56. The van der Waals surface area contributed by atoms with E-state index in [-0.39, 0.29) is 17.3 Å². The van der Waals surface area contributed by atoms with Crippen LogP contribution in [-0.2, 0) is 0 Å². The van der Waals surface area contributed by atoms with Crippen molar-refractivity contribution in [1.82, 2.24) is 0 Å². The summed E-state index contributed by atoms with van der Waals surface area (Å²) in [6.07, 6.45) is 3.98. The second kappa shape index (κ2) is 5.90. The Kier molecular flexibility index (Phi) is 4.22. The minimum Gasteiger partial charge on any atom is -0.477 e. The number of carboxylic acids is 1. The summed E-state index contributed by atoms with van der Waals surface area (Å²) in [5, 5.41) is 20.4. The van der Waals surface area contributed by atoms with E-state index in [1.165, 1.54) is 6.07 Å². The molecule has 1 heterocycles. The number of nitrogens with zero attached hydrogens (tertiary/aromatic N) is 2. The van der Waals surface area contributed by atoms with Crippen LogP contribution in [0.4, 0.5) is 11.4 Å². The van der Waals surface area contributed by atoms with Gasteiger partial charge in [-0.2, -0.15) is 0 Å². The monoisotopic (exact) mass is 278 g/mol. The summed E-state index contributed by atoms with van der Waals surface area (Å²) in [5.41, 5.74) is -0.102. The van der Waals surface area contributed by atoms with Crippen LogP contribution in [0.5, 0.6) is 0 Å². The van der Waals surface area contributed by atoms with Gasteiger partial charge in [0, 0.05) is 12.6 Å². The molecule has 20 heavy (non-hydrogen) atoms. The molecular formula is C14H18N2O4. The molecule has 1 saturated heterocycles. The summed E-state index contributed by atoms with van der Waals surface area (Å²) in [4.78, 5) is 23.9. The third-order valence-corrected chi connectivity index (χ3v) is 3.84. The molecular weight excluding hydrogens is 260 g/mol. The molecule has 1 aliphatic heterocycles. The van der Waals surface area contributed by atoms with E-state index < -0.39 is 10.9 Å². The zero-order chi connectivity index (χ0) is 14.7. The summed E-state index contributed by atoms with van der Waals surface area (Å²) in [6.45, 7) is 2.79. The number of aromatic carboxylic acids is 1. The number of benzene rings is 1. The minimum absolute atomic E-state index is 0.242. The fourth-order valence-corrected chi connectivity index (χ4v) is 2.87. The predicted molar refractivity (Wildman–Crippen MR) is 75.3 cm³/mol. The van der Waals surface area contributed by atoms with Crippen LogP contribution in [0.25, 0.3) is 0 Å². The van der Waals surface area contributed by atoms with Gasteiger partial charge in [-0.1, -0.05) is 13.0 Å². The summed E-state index contributed by atoms with van der Waals surface area (Å²) in [6, 6.07) is 4.76. The molecule has 0 aromatic heterocycles. The van der Waals surface area contributed by atoms with Crippen LogP contribution in [0.2, 0.25) is 0 Å². The molecule has 1 N–H and O–H groups in total. The second-order valence-electron chi connectivity index (χ2n) is 4.99. The van der Waals surface area contributed by atoms with Crippen molar-refractivity contribution in [1.29, 1.82) is 0 Å². The largest absolute Gasteiger partial charge is 0.477 e. The van der Waals surface area contributed by atoms with Gasteiger partial charge in [-0.25, -0.2) is 4.79 Å². The van der Waals surface area contributed by atoms with Crippen molar-refractivity contribution in [2.75, 3.05) is 11.4 Å². The average Bonchev–Trinajstić information content (AvgIpc) is 2.46. The highest BCUT2D eigenvalue weighted by Crippen LogP contribution is 2.36. The molecule has 6 nitrogen and oxygen atoms in total. The number of hydrogen-bond donors (Lipinski definition) is 1. The van der Waals surface area contributed by atoms with Gasteiger partial charge in [-0.15, -0.1) is 0 Å². The standard InChI is InChI=1S/C14H18N2O4/c1-2-10-6-3-4-9-15(10)12-8-5-7-11(14(17)18)13(12)16(19)20/h5,7-8,10H,2-4,6,9H2,1H3,(H,17,18). The molecule has 0 radical (unpaired) electrons. The smallest absolute Gasteiger partial charge is 0.342 e. The zero-order valence-corrected chi connectivity index (χ0v) is 11.4. The first-order valence-corrected chi connectivity index (χ1v) is 6.83. The maximum atomic E-state index is 11.3. The Morgan fingerprint density at radius 3 is 2.85 bits per heavy atom. The Labute approximate surface area is 117 Å². The molecule has 1 aromatic rings. The zero-order valence-electron chi connectivity index (χ0n) is 11.4. The Bertz CT molecular complexity index is 530. The average molecular weight is 278 g/mol. The molecule has 1 aromatic carbocycles. The molecule has 1 fully saturated rings. The van der Waals surface area contributed by atoms with Crippen LogP contribution >= 0.6 is 0 Å². The van der Waals surface area contributed by atoms with Crippen LogP contribution in [0.15, 0.2) is 18.2 Å². The number of carbonyl (C=O) groups is 1. The van der Waals surface area contributed by atoms with E-state index in [4.69, 9.17) is 5.11 Å². The highest BCUT2D eigenvalue weighted by molar-refractivity contribution is 5.95. The van der Waals surface area contributed by atoms with Crippen molar-refractivity contribution in [3.8, 4) is 0 Å². The van der Waals surface area contributed by atoms with Gasteiger partial charge in [-0.3, -0.25) is 10.1 Å². The molecule has 1 aliphatic rings. The van der Waals surface area contributed by atoms with Gasteiger partial charge in [0.15, 0.2) is 0 Å². The Balaban J connectivity index is 2.52. The number of nitro groups is 1. The number of hydrogen-bond acceptors (Lipinski definition) is 4. The number of nitro benzene ring substituents is 1. The van der Waals surface area contributed by atoms with Crippen molar-refractivity contribution < 1.29 is 14.8 Å². The molecule has 1 unspecified atom stereocenters. The molecule has 0 aliphatic carbocycles.